The minimum absolute atomic E-state index is 0.0343. The number of esters is 1. The molecule has 5 nitrogen and oxygen atoms in total. The number of nitrogens with one attached hydrogen (secondary N) is 2. The Morgan fingerprint density at radius 3 is 2.76 bits per heavy atom. The van der Waals surface area contributed by atoms with Gasteiger partial charge in [-0.15, -0.1) is 0 Å². The maximum Gasteiger partial charge on any atom is 0.345 e. The van der Waals surface area contributed by atoms with Crippen LogP contribution in [0.15, 0.2) is 23.0 Å². The van der Waals surface area contributed by atoms with Crippen molar-refractivity contribution < 1.29 is 9.53 Å². The lowest BCUT2D eigenvalue weighted by atomic mass is 10.1. The van der Waals surface area contributed by atoms with Crippen LogP contribution in [0.2, 0.25) is 5.02 Å². The van der Waals surface area contributed by atoms with E-state index in [1.807, 2.05) is 13.8 Å². The van der Waals surface area contributed by atoms with E-state index in [-0.39, 0.29) is 5.56 Å². The highest BCUT2D eigenvalue weighted by Gasteiger charge is 2.20. The Balaban J connectivity index is 2.75. The molecule has 1 aromatic carbocycles. The number of hydrogen-bond donors (Lipinski definition) is 2. The molecule has 0 unspecified atom stereocenters. The number of halogens is 1. The van der Waals surface area contributed by atoms with Gasteiger partial charge < -0.3 is 15.0 Å². The number of pyridine rings is 1. The molecule has 2 rings (SSSR count). The van der Waals surface area contributed by atoms with Crippen LogP contribution >= 0.6 is 11.6 Å². The number of ether oxygens (including phenoxy) is 1. The summed E-state index contributed by atoms with van der Waals surface area (Å²) in [5, 5.41) is 4.27. The van der Waals surface area contributed by atoms with Crippen molar-refractivity contribution >= 4 is 34.2 Å². The van der Waals surface area contributed by atoms with Crippen molar-refractivity contribution in [3.8, 4) is 0 Å². The van der Waals surface area contributed by atoms with Crippen molar-refractivity contribution in [1.82, 2.24) is 4.98 Å². The second-order valence-corrected chi connectivity index (χ2v) is 5.54. The molecule has 0 aliphatic heterocycles. The van der Waals surface area contributed by atoms with Crippen molar-refractivity contribution in [1.29, 1.82) is 0 Å². The highest BCUT2D eigenvalue weighted by molar-refractivity contribution is 6.35. The van der Waals surface area contributed by atoms with Gasteiger partial charge in [0.1, 0.15) is 5.56 Å². The predicted octanol–water partition coefficient (Wildman–Crippen LogP) is 3.04. The summed E-state index contributed by atoms with van der Waals surface area (Å²) in [4.78, 5) is 26.8. The molecule has 2 N–H and O–H groups in total. The number of aromatic nitrogens is 1. The third-order valence-corrected chi connectivity index (χ3v) is 3.39. The number of para-hydroxylation sites is 1. The second-order valence-electron chi connectivity index (χ2n) is 5.13. The number of H-pyrrole nitrogens is 1. The first kappa shape index (κ1) is 15.4. The van der Waals surface area contributed by atoms with Crippen molar-refractivity contribution in [2.24, 2.45) is 5.92 Å². The molecule has 1 aromatic heterocycles. The van der Waals surface area contributed by atoms with E-state index < -0.39 is 11.5 Å². The van der Waals surface area contributed by atoms with Gasteiger partial charge in [0.2, 0.25) is 0 Å². The lowest BCUT2D eigenvalue weighted by Crippen LogP contribution is -2.23. The minimum atomic E-state index is -0.676. The normalized spacial score (nSPS) is 10.9. The molecule has 112 valence electrons. The largest absolute Gasteiger partial charge is 0.465 e. The number of aromatic amines is 1. The SMILES string of the molecule is COC(=O)c1c(NCC(C)C)c2cccc(Cl)c2[nH]c1=O. The average molecular weight is 309 g/mol. The summed E-state index contributed by atoms with van der Waals surface area (Å²) >= 11 is 6.12. The first-order chi connectivity index (χ1) is 9.95. The zero-order valence-corrected chi connectivity index (χ0v) is 12.9. The zero-order chi connectivity index (χ0) is 15.6. The first-order valence-corrected chi connectivity index (χ1v) is 7.00. The first-order valence-electron chi connectivity index (χ1n) is 6.62. The molecule has 0 radical (unpaired) electrons. The average Bonchev–Trinajstić information content (AvgIpc) is 2.44. The Bertz CT molecular complexity index is 738. The smallest absolute Gasteiger partial charge is 0.345 e. The van der Waals surface area contributed by atoms with Crippen molar-refractivity contribution in [2.45, 2.75) is 13.8 Å². The summed E-state index contributed by atoms with van der Waals surface area (Å²) in [6, 6.07) is 5.25. The topological polar surface area (TPSA) is 71.2 Å². The van der Waals surface area contributed by atoms with Crippen molar-refractivity contribution in [2.75, 3.05) is 19.0 Å². The molecular weight excluding hydrogens is 292 g/mol. The second kappa shape index (κ2) is 6.18. The number of anilines is 1. The van der Waals surface area contributed by atoms with E-state index in [0.717, 1.165) is 0 Å². The van der Waals surface area contributed by atoms with Gasteiger partial charge in [-0.05, 0) is 12.0 Å². The van der Waals surface area contributed by atoms with Gasteiger partial charge in [0, 0.05) is 11.9 Å². The summed E-state index contributed by atoms with van der Waals surface area (Å²) in [7, 11) is 1.25. The number of methoxy groups -OCH3 is 1. The van der Waals surface area contributed by atoms with Gasteiger partial charge in [-0.1, -0.05) is 37.6 Å². The molecule has 21 heavy (non-hydrogen) atoms. The lowest BCUT2D eigenvalue weighted by molar-refractivity contribution is 0.0600. The van der Waals surface area contributed by atoms with E-state index in [9.17, 15) is 9.59 Å². The Morgan fingerprint density at radius 2 is 2.14 bits per heavy atom. The molecule has 0 spiro atoms. The zero-order valence-electron chi connectivity index (χ0n) is 12.1. The fourth-order valence-electron chi connectivity index (χ4n) is 2.07. The molecule has 0 fully saturated rings. The predicted molar refractivity (Wildman–Crippen MR) is 84.2 cm³/mol. The van der Waals surface area contributed by atoms with Gasteiger partial charge in [-0.3, -0.25) is 4.79 Å². The fourth-order valence-corrected chi connectivity index (χ4v) is 2.29. The molecule has 1 heterocycles. The molecular formula is C15H17ClN2O3. The molecule has 6 heteroatoms. The molecule has 0 aliphatic rings. The quantitative estimate of drug-likeness (QED) is 0.852. The monoisotopic (exact) mass is 308 g/mol. The van der Waals surface area contributed by atoms with Crippen LogP contribution in [0, 0.1) is 5.92 Å². The van der Waals surface area contributed by atoms with Gasteiger partial charge in [-0.25, -0.2) is 4.79 Å². The molecule has 0 bridgehead atoms. The molecule has 0 saturated carbocycles. The minimum Gasteiger partial charge on any atom is -0.465 e. The Kier molecular flexibility index (Phi) is 4.53. The number of rotatable bonds is 4. The van der Waals surface area contributed by atoms with Crippen LogP contribution in [-0.4, -0.2) is 24.6 Å². The summed E-state index contributed by atoms with van der Waals surface area (Å²) in [6.07, 6.45) is 0. The Hall–Kier alpha value is -2.01. The van der Waals surface area contributed by atoms with Gasteiger partial charge in [0.25, 0.3) is 5.56 Å². The van der Waals surface area contributed by atoms with Gasteiger partial charge in [0.15, 0.2) is 0 Å². The van der Waals surface area contributed by atoms with Gasteiger partial charge >= 0.3 is 5.97 Å². The van der Waals surface area contributed by atoms with Crippen LogP contribution in [0.1, 0.15) is 24.2 Å². The van der Waals surface area contributed by atoms with Crippen molar-refractivity contribution in [3.05, 3.63) is 39.1 Å². The fraction of sp³-hybridized carbons (Fsp3) is 0.333. The number of fused-ring (bicyclic) bond motifs is 1. The van der Waals surface area contributed by atoms with E-state index >= 15 is 0 Å². The van der Waals surface area contributed by atoms with Crippen LogP contribution in [-0.2, 0) is 4.74 Å². The highest BCUT2D eigenvalue weighted by atomic mass is 35.5. The van der Waals surface area contributed by atoms with E-state index in [0.29, 0.717) is 34.1 Å². The van der Waals surface area contributed by atoms with Gasteiger partial charge in [-0.2, -0.15) is 0 Å². The standard InChI is InChI=1S/C15H17ClN2O3/c1-8(2)7-17-13-9-5-4-6-10(16)12(9)18-14(19)11(13)15(20)21-3/h4-6,8H,7H2,1-3H3,(H2,17,18,19). The molecule has 0 aliphatic carbocycles. The Morgan fingerprint density at radius 1 is 1.43 bits per heavy atom. The van der Waals surface area contributed by atoms with Crippen LogP contribution in [0.3, 0.4) is 0 Å². The third-order valence-electron chi connectivity index (χ3n) is 3.08. The van der Waals surface area contributed by atoms with Crippen LogP contribution < -0.4 is 10.9 Å². The Labute approximate surface area is 127 Å². The third kappa shape index (κ3) is 3.03. The van der Waals surface area contributed by atoms with Gasteiger partial charge in [0.05, 0.1) is 23.3 Å². The summed E-state index contributed by atoms with van der Waals surface area (Å²) in [5.74, 6) is -0.326. The molecule has 2 aromatic rings. The molecule has 0 amide bonds. The number of benzene rings is 1. The van der Waals surface area contributed by atoms with E-state index in [2.05, 4.69) is 10.3 Å². The number of hydrogen-bond acceptors (Lipinski definition) is 4. The highest BCUT2D eigenvalue weighted by Crippen LogP contribution is 2.28. The number of carbonyl (C=O) groups excluding carboxylic acids is 1. The van der Waals surface area contributed by atoms with Crippen LogP contribution in [0.4, 0.5) is 5.69 Å². The van der Waals surface area contributed by atoms with Crippen LogP contribution in [0.5, 0.6) is 0 Å². The van der Waals surface area contributed by atoms with Crippen molar-refractivity contribution in [3.63, 3.8) is 0 Å². The van der Waals surface area contributed by atoms with E-state index in [1.54, 1.807) is 18.2 Å². The molecule has 0 atom stereocenters. The summed E-state index contributed by atoms with van der Waals surface area (Å²) < 4.78 is 4.71. The summed E-state index contributed by atoms with van der Waals surface area (Å²) in [5.41, 5.74) is 0.404. The van der Waals surface area contributed by atoms with E-state index in [4.69, 9.17) is 16.3 Å². The maximum atomic E-state index is 12.2. The summed E-state index contributed by atoms with van der Waals surface area (Å²) in [6.45, 7) is 4.69. The lowest BCUT2D eigenvalue weighted by Gasteiger charge is -2.15. The molecule has 0 saturated heterocycles. The van der Waals surface area contributed by atoms with Crippen LogP contribution in [0.25, 0.3) is 10.9 Å². The number of carbonyl (C=O) groups is 1. The maximum absolute atomic E-state index is 12.2. The van der Waals surface area contributed by atoms with E-state index in [1.165, 1.54) is 7.11 Å².